The van der Waals surface area contributed by atoms with Gasteiger partial charge in [0.25, 0.3) is 0 Å². The molecule has 0 spiro atoms. The third-order valence-electron chi connectivity index (χ3n) is 2.73. The molecule has 0 aliphatic carbocycles. The molecule has 0 rings (SSSR count). The van der Waals surface area contributed by atoms with Crippen molar-refractivity contribution in [3.63, 3.8) is 0 Å². The first-order valence-electron chi connectivity index (χ1n) is 6.13. The van der Waals surface area contributed by atoms with E-state index in [9.17, 15) is 9.59 Å². The highest BCUT2D eigenvalue weighted by atomic mass is 16.4. The maximum Gasteiger partial charge on any atom is 0.307 e. The fourth-order valence-corrected chi connectivity index (χ4v) is 1.73. The van der Waals surface area contributed by atoms with Crippen LogP contribution in [0.3, 0.4) is 0 Å². The Kier molecular flexibility index (Phi) is 9.11. The van der Waals surface area contributed by atoms with Crippen LogP contribution < -0.4 is 0 Å². The van der Waals surface area contributed by atoms with Crippen LogP contribution in [0, 0.1) is 5.92 Å². The highest BCUT2D eigenvalue weighted by Crippen LogP contribution is 2.15. The molecule has 98 valence electrons. The molecule has 4 nitrogen and oxygen atoms in total. The summed E-state index contributed by atoms with van der Waals surface area (Å²) >= 11 is 0. The second-order valence-electron chi connectivity index (χ2n) is 4.27. The normalized spacial score (nSPS) is 12.0. The quantitative estimate of drug-likeness (QED) is 0.431. The zero-order valence-electron chi connectivity index (χ0n) is 10.2. The zero-order valence-corrected chi connectivity index (χ0v) is 10.2. The lowest BCUT2D eigenvalue weighted by Gasteiger charge is -2.09. The summed E-state index contributed by atoms with van der Waals surface area (Å²) in [6, 6.07) is 0. The van der Waals surface area contributed by atoms with Crippen molar-refractivity contribution >= 4 is 11.9 Å². The minimum atomic E-state index is -1.04. The summed E-state index contributed by atoms with van der Waals surface area (Å²) in [4.78, 5) is 21.2. The number of rotatable bonds is 11. The van der Waals surface area contributed by atoms with Crippen LogP contribution >= 0.6 is 0 Å². The van der Waals surface area contributed by atoms with E-state index in [0.29, 0.717) is 6.42 Å². The fraction of sp³-hybridized carbons (Fsp3) is 0.692. The molecule has 1 atom stereocenters. The molecule has 0 radical (unpaired) electrons. The number of carboxylic acids is 2. The lowest BCUT2D eigenvalue weighted by Crippen LogP contribution is -2.17. The Morgan fingerprint density at radius 1 is 1.06 bits per heavy atom. The first kappa shape index (κ1) is 15.7. The SMILES string of the molecule is C=CCCCCCCCC(CC(=O)O)C(=O)O. The van der Waals surface area contributed by atoms with Crippen molar-refractivity contribution in [3.8, 4) is 0 Å². The number of hydrogen-bond acceptors (Lipinski definition) is 2. The van der Waals surface area contributed by atoms with Crippen LogP contribution in [-0.2, 0) is 9.59 Å². The van der Waals surface area contributed by atoms with Crippen molar-refractivity contribution in [1.29, 1.82) is 0 Å². The molecule has 0 saturated carbocycles. The van der Waals surface area contributed by atoms with Gasteiger partial charge in [-0.3, -0.25) is 9.59 Å². The summed E-state index contributed by atoms with van der Waals surface area (Å²) in [6.07, 6.45) is 8.20. The summed E-state index contributed by atoms with van der Waals surface area (Å²) in [6.45, 7) is 3.64. The molecule has 4 heteroatoms. The Morgan fingerprint density at radius 3 is 2.18 bits per heavy atom. The third-order valence-corrected chi connectivity index (χ3v) is 2.73. The number of unbranched alkanes of at least 4 members (excludes halogenated alkanes) is 5. The van der Waals surface area contributed by atoms with Gasteiger partial charge in [-0.2, -0.15) is 0 Å². The van der Waals surface area contributed by atoms with Gasteiger partial charge in [-0.05, 0) is 19.3 Å². The minimum Gasteiger partial charge on any atom is -0.481 e. The van der Waals surface area contributed by atoms with Gasteiger partial charge >= 0.3 is 11.9 Å². The molecule has 0 amide bonds. The van der Waals surface area contributed by atoms with Crippen LogP contribution in [0.1, 0.15) is 51.4 Å². The average molecular weight is 242 g/mol. The van der Waals surface area contributed by atoms with E-state index in [0.717, 1.165) is 38.5 Å². The Bertz CT molecular complexity index is 248. The number of hydrogen-bond donors (Lipinski definition) is 2. The number of carboxylic acid groups (broad SMARTS) is 2. The lowest BCUT2D eigenvalue weighted by atomic mass is 9.97. The Morgan fingerprint density at radius 2 is 1.65 bits per heavy atom. The van der Waals surface area contributed by atoms with E-state index in [1.165, 1.54) is 0 Å². The Hall–Kier alpha value is -1.32. The summed E-state index contributed by atoms with van der Waals surface area (Å²) in [5.74, 6) is -2.77. The van der Waals surface area contributed by atoms with Crippen molar-refractivity contribution < 1.29 is 19.8 Å². The Balaban J connectivity index is 3.58. The molecule has 0 aromatic carbocycles. The van der Waals surface area contributed by atoms with Gasteiger partial charge in [0.15, 0.2) is 0 Å². The molecular formula is C13H22O4. The van der Waals surface area contributed by atoms with E-state index < -0.39 is 17.9 Å². The molecule has 0 aromatic heterocycles. The number of aliphatic carboxylic acids is 2. The van der Waals surface area contributed by atoms with Crippen LogP contribution in [0.4, 0.5) is 0 Å². The second kappa shape index (κ2) is 9.87. The monoisotopic (exact) mass is 242 g/mol. The molecular weight excluding hydrogens is 220 g/mol. The standard InChI is InChI=1S/C13H22O4/c1-2-3-4-5-6-7-8-9-11(13(16)17)10-12(14)15/h2,11H,1,3-10H2,(H,14,15)(H,16,17). The molecule has 0 bridgehead atoms. The van der Waals surface area contributed by atoms with Gasteiger partial charge < -0.3 is 10.2 Å². The molecule has 0 saturated heterocycles. The van der Waals surface area contributed by atoms with Gasteiger partial charge in [0, 0.05) is 0 Å². The van der Waals surface area contributed by atoms with E-state index in [2.05, 4.69) is 6.58 Å². The molecule has 2 N–H and O–H groups in total. The number of allylic oxidation sites excluding steroid dienone is 1. The predicted molar refractivity (Wildman–Crippen MR) is 65.9 cm³/mol. The maximum absolute atomic E-state index is 10.8. The van der Waals surface area contributed by atoms with E-state index in [-0.39, 0.29) is 6.42 Å². The van der Waals surface area contributed by atoms with Gasteiger partial charge in [-0.1, -0.05) is 31.8 Å². The highest BCUT2D eigenvalue weighted by molar-refractivity contribution is 5.77. The van der Waals surface area contributed by atoms with E-state index in [4.69, 9.17) is 10.2 Å². The first-order chi connectivity index (χ1) is 8.07. The summed E-state index contributed by atoms with van der Waals surface area (Å²) in [5.41, 5.74) is 0. The lowest BCUT2D eigenvalue weighted by molar-refractivity contribution is -0.148. The Labute approximate surface area is 102 Å². The summed E-state index contributed by atoms with van der Waals surface area (Å²) in [5, 5.41) is 17.4. The van der Waals surface area contributed by atoms with E-state index >= 15 is 0 Å². The van der Waals surface area contributed by atoms with Gasteiger partial charge in [0.05, 0.1) is 12.3 Å². The van der Waals surface area contributed by atoms with Gasteiger partial charge in [0.2, 0.25) is 0 Å². The van der Waals surface area contributed by atoms with Crippen LogP contribution in [0.15, 0.2) is 12.7 Å². The topological polar surface area (TPSA) is 74.6 Å². The van der Waals surface area contributed by atoms with E-state index in [1.807, 2.05) is 6.08 Å². The summed E-state index contributed by atoms with van der Waals surface area (Å²) in [7, 11) is 0. The number of carbonyl (C=O) groups is 2. The van der Waals surface area contributed by atoms with Crippen molar-refractivity contribution in [2.24, 2.45) is 5.92 Å². The first-order valence-corrected chi connectivity index (χ1v) is 6.13. The van der Waals surface area contributed by atoms with Gasteiger partial charge in [-0.15, -0.1) is 6.58 Å². The van der Waals surface area contributed by atoms with Gasteiger partial charge in [-0.25, -0.2) is 0 Å². The van der Waals surface area contributed by atoms with Crippen molar-refractivity contribution in [3.05, 3.63) is 12.7 Å². The van der Waals surface area contributed by atoms with Gasteiger partial charge in [0.1, 0.15) is 0 Å². The molecule has 17 heavy (non-hydrogen) atoms. The van der Waals surface area contributed by atoms with Crippen molar-refractivity contribution in [2.45, 2.75) is 51.4 Å². The second-order valence-corrected chi connectivity index (χ2v) is 4.27. The zero-order chi connectivity index (χ0) is 13.1. The molecule has 0 aliphatic heterocycles. The molecule has 0 aromatic rings. The van der Waals surface area contributed by atoms with Crippen LogP contribution in [0.25, 0.3) is 0 Å². The smallest absolute Gasteiger partial charge is 0.307 e. The third kappa shape index (κ3) is 9.60. The highest BCUT2D eigenvalue weighted by Gasteiger charge is 2.19. The van der Waals surface area contributed by atoms with Crippen LogP contribution in [-0.4, -0.2) is 22.2 Å². The molecule has 1 unspecified atom stereocenters. The van der Waals surface area contributed by atoms with Crippen molar-refractivity contribution in [1.82, 2.24) is 0 Å². The minimum absolute atomic E-state index is 0.272. The average Bonchev–Trinajstić information content (AvgIpc) is 2.25. The maximum atomic E-state index is 10.8. The van der Waals surface area contributed by atoms with Crippen molar-refractivity contribution in [2.75, 3.05) is 0 Å². The molecule has 0 fully saturated rings. The summed E-state index contributed by atoms with van der Waals surface area (Å²) < 4.78 is 0. The molecule has 0 heterocycles. The fourth-order valence-electron chi connectivity index (χ4n) is 1.73. The largest absolute Gasteiger partial charge is 0.481 e. The molecule has 0 aliphatic rings. The predicted octanol–water partition coefficient (Wildman–Crippen LogP) is 3.08. The van der Waals surface area contributed by atoms with Crippen LogP contribution in [0.2, 0.25) is 0 Å². The van der Waals surface area contributed by atoms with Crippen LogP contribution in [0.5, 0.6) is 0 Å². The van der Waals surface area contributed by atoms with E-state index in [1.54, 1.807) is 0 Å².